The van der Waals surface area contributed by atoms with Crippen LogP contribution in [0.25, 0.3) is 0 Å². The van der Waals surface area contributed by atoms with Crippen LogP contribution in [-0.2, 0) is 14.3 Å². The summed E-state index contributed by atoms with van der Waals surface area (Å²) in [5.74, 6) is 0.820. The number of rotatable bonds is 6. The minimum absolute atomic E-state index is 0. The monoisotopic (exact) mass is 498 g/mol. The second-order valence-electron chi connectivity index (χ2n) is 11.3. The van der Waals surface area contributed by atoms with Gasteiger partial charge in [0.05, 0.1) is 19.3 Å². The average molecular weight is 499 g/mol. The third-order valence-electron chi connectivity index (χ3n) is 8.72. The molecule has 1 spiro atoms. The van der Waals surface area contributed by atoms with Crippen LogP contribution in [0, 0.1) is 17.3 Å². The normalized spacial score (nSPS) is 24.5. The first-order valence-corrected chi connectivity index (χ1v) is 14.2. The molecule has 4 fully saturated rings. The van der Waals surface area contributed by atoms with Crippen LogP contribution in [-0.4, -0.2) is 54.8 Å². The van der Waals surface area contributed by atoms with Crippen molar-refractivity contribution in [3.63, 3.8) is 0 Å². The maximum absolute atomic E-state index is 13.1. The van der Waals surface area contributed by atoms with Gasteiger partial charge in [-0.3, -0.25) is 14.4 Å². The number of carbonyl (C=O) groups excluding carboxylic acids is 3. The number of hydrogen-bond donors (Lipinski definition) is 1. The van der Waals surface area contributed by atoms with Crippen molar-refractivity contribution in [1.82, 2.24) is 10.2 Å². The number of ketones is 1. The van der Waals surface area contributed by atoms with Crippen LogP contribution < -0.4 is 5.32 Å². The minimum atomic E-state index is -0.397. The average Bonchev–Trinajstić information content (AvgIpc) is 2.87. The van der Waals surface area contributed by atoms with Crippen molar-refractivity contribution in [2.75, 3.05) is 26.3 Å². The third-order valence-corrected chi connectivity index (χ3v) is 8.72. The molecule has 2 heterocycles. The summed E-state index contributed by atoms with van der Waals surface area (Å²) in [5.41, 5.74) is 2.01. The number of benzene rings is 1. The van der Waals surface area contributed by atoms with Gasteiger partial charge in [0.1, 0.15) is 0 Å². The molecular weight excluding hydrogens is 452 g/mol. The van der Waals surface area contributed by atoms with Crippen LogP contribution in [0.2, 0.25) is 0 Å². The molecule has 2 amide bonds. The summed E-state index contributed by atoms with van der Waals surface area (Å²) in [7, 11) is 0. The molecule has 36 heavy (non-hydrogen) atoms. The number of ether oxygens (including phenoxy) is 1. The van der Waals surface area contributed by atoms with Crippen LogP contribution in [0.4, 0.5) is 0 Å². The largest absolute Gasteiger partial charge is 0.380 e. The van der Waals surface area contributed by atoms with Crippen molar-refractivity contribution < 1.29 is 20.5 Å². The predicted octanol–water partition coefficient (Wildman–Crippen LogP) is 5.36. The van der Waals surface area contributed by atoms with E-state index in [-0.39, 0.29) is 30.9 Å². The molecule has 1 aromatic carbocycles. The van der Waals surface area contributed by atoms with Crippen molar-refractivity contribution in [2.45, 2.75) is 90.5 Å². The molecule has 2 saturated heterocycles. The van der Waals surface area contributed by atoms with Gasteiger partial charge in [-0.2, -0.15) is 0 Å². The fourth-order valence-corrected chi connectivity index (χ4v) is 6.67. The number of nitrogens with zero attached hydrogens (tertiary/aromatic N) is 1. The summed E-state index contributed by atoms with van der Waals surface area (Å²) in [6.07, 6.45) is 9.45. The van der Waals surface area contributed by atoms with Gasteiger partial charge in [0, 0.05) is 37.3 Å². The maximum Gasteiger partial charge on any atom is 0.251 e. The molecule has 6 heteroatoms. The van der Waals surface area contributed by atoms with Gasteiger partial charge in [-0.05, 0) is 69.1 Å². The van der Waals surface area contributed by atoms with Gasteiger partial charge < -0.3 is 15.0 Å². The summed E-state index contributed by atoms with van der Waals surface area (Å²) < 4.78 is 5.35. The Morgan fingerprint density at radius 1 is 1.06 bits per heavy atom. The molecule has 1 N–H and O–H groups in total. The van der Waals surface area contributed by atoms with Crippen LogP contribution in [0.5, 0.6) is 0 Å². The topological polar surface area (TPSA) is 75.7 Å². The van der Waals surface area contributed by atoms with Crippen molar-refractivity contribution >= 4 is 17.6 Å². The van der Waals surface area contributed by atoms with Gasteiger partial charge in [0.2, 0.25) is 5.91 Å². The van der Waals surface area contributed by atoms with Crippen LogP contribution >= 0.6 is 0 Å². The Labute approximate surface area is 218 Å². The summed E-state index contributed by atoms with van der Waals surface area (Å²) in [4.78, 5) is 40.5. The number of amides is 2. The maximum atomic E-state index is 13.1. The van der Waals surface area contributed by atoms with Crippen molar-refractivity contribution in [3.8, 4) is 0 Å². The molecule has 200 valence electrons. The molecule has 2 saturated carbocycles. The fraction of sp³-hybridized carbons (Fsp3) is 0.700. The lowest BCUT2D eigenvalue weighted by Gasteiger charge is -2.53. The van der Waals surface area contributed by atoms with E-state index >= 15 is 0 Å². The third kappa shape index (κ3) is 5.85. The standard InChI is InChI=1S/C28H38N2O4.C2H6.H2/c1-19(31)25(20-7-3-2-4-8-20)29-26(32)22-10-5-9-21(13-22)23-11-6-12-30(16-23)27(33)24-14-28(15-24)17-34-18-28;1-2;/h5,9-10,13,20,23-25H,2-4,6-8,11-12,14-18H2,1H3,(H,29,32);1-2H3;1H/t23?,25-;;/m0../s1. The van der Waals surface area contributed by atoms with Gasteiger partial charge in [0.15, 0.2) is 5.78 Å². The quantitative estimate of drug-likeness (QED) is 0.573. The smallest absolute Gasteiger partial charge is 0.251 e. The van der Waals surface area contributed by atoms with E-state index in [1.807, 2.05) is 36.9 Å². The van der Waals surface area contributed by atoms with Gasteiger partial charge in [-0.1, -0.05) is 45.2 Å². The van der Waals surface area contributed by atoms with E-state index in [1.165, 1.54) is 6.42 Å². The van der Waals surface area contributed by atoms with E-state index < -0.39 is 6.04 Å². The van der Waals surface area contributed by atoms with Gasteiger partial charge >= 0.3 is 0 Å². The second kappa shape index (κ2) is 11.9. The highest BCUT2D eigenvalue weighted by atomic mass is 16.5. The number of hydrogen-bond acceptors (Lipinski definition) is 4. The molecule has 0 bridgehead atoms. The van der Waals surface area contributed by atoms with E-state index in [0.717, 1.165) is 83.2 Å². The summed E-state index contributed by atoms with van der Waals surface area (Å²) >= 11 is 0. The van der Waals surface area contributed by atoms with Crippen molar-refractivity contribution in [2.24, 2.45) is 17.3 Å². The Bertz CT molecular complexity index is 933. The Kier molecular flexibility index (Phi) is 8.87. The molecule has 2 aliphatic heterocycles. The number of nitrogens with one attached hydrogen (secondary N) is 1. The van der Waals surface area contributed by atoms with Crippen molar-refractivity contribution in [1.29, 1.82) is 0 Å². The molecular formula is C30H46N2O4. The number of likely N-dealkylation sites (tertiary alicyclic amines) is 1. The number of carbonyl (C=O) groups is 3. The fourth-order valence-electron chi connectivity index (χ4n) is 6.67. The summed E-state index contributed by atoms with van der Waals surface area (Å²) in [5, 5.41) is 3.05. The molecule has 4 aliphatic rings. The van der Waals surface area contributed by atoms with Crippen LogP contribution in [0.15, 0.2) is 24.3 Å². The zero-order chi connectivity index (χ0) is 25.7. The zero-order valence-electron chi connectivity index (χ0n) is 22.4. The molecule has 1 aromatic rings. The van der Waals surface area contributed by atoms with E-state index in [9.17, 15) is 14.4 Å². The van der Waals surface area contributed by atoms with E-state index in [2.05, 4.69) is 11.4 Å². The lowest BCUT2D eigenvalue weighted by atomic mass is 9.60. The lowest BCUT2D eigenvalue weighted by Crippen LogP contribution is -2.57. The van der Waals surface area contributed by atoms with E-state index in [4.69, 9.17) is 4.74 Å². The van der Waals surface area contributed by atoms with Gasteiger partial charge in [0.25, 0.3) is 5.91 Å². The lowest BCUT2D eigenvalue weighted by molar-refractivity contribution is -0.189. The van der Waals surface area contributed by atoms with Crippen molar-refractivity contribution in [3.05, 3.63) is 35.4 Å². The SMILES string of the molecule is CC.CC(=O)[C@H](NC(=O)c1cccc(C2CCCN(C(=O)C3CC4(COC4)C3)C2)c1)C1CCCCC1.[HH]. The summed E-state index contributed by atoms with van der Waals surface area (Å²) in [6.45, 7) is 8.78. The van der Waals surface area contributed by atoms with E-state index in [1.54, 1.807) is 6.92 Å². The van der Waals surface area contributed by atoms with Gasteiger partial charge in [-0.25, -0.2) is 0 Å². The first kappa shape index (κ1) is 26.8. The highest BCUT2D eigenvalue weighted by molar-refractivity contribution is 5.97. The minimum Gasteiger partial charge on any atom is -0.380 e. The molecule has 6 nitrogen and oxygen atoms in total. The Morgan fingerprint density at radius 2 is 1.78 bits per heavy atom. The highest BCUT2D eigenvalue weighted by Gasteiger charge is 2.53. The molecule has 5 rings (SSSR count). The first-order valence-electron chi connectivity index (χ1n) is 14.2. The van der Waals surface area contributed by atoms with E-state index in [0.29, 0.717) is 16.9 Å². The van der Waals surface area contributed by atoms with Gasteiger partial charge in [-0.15, -0.1) is 0 Å². The first-order chi connectivity index (χ1) is 17.4. The number of piperidine rings is 1. The molecule has 0 radical (unpaired) electrons. The Hall–Kier alpha value is -2.21. The highest BCUT2D eigenvalue weighted by Crippen LogP contribution is 2.51. The molecule has 1 unspecified atom stereocenters. The van der Waals surface area contributed by atoms with Crippen LogP contribution in [0.3, 0.4) is 0 Å². The Balaban J connectivity index is 0.00000124. The second-order valence-corrected chi connectivity index (χ2v) is 11.3. The van der Waals surface area contributed by atoms with Crippen LogP contribution in [0.1, 0.15) is 102 Å². The predicted molar refractivity (Wildman–Crippen MR) is 143 cm³/mol. The Morgan fingerprint density at radius 3 is 2.42 bits per heavy atom. The number of Topliss-reactive ketones (excluding diaryl/α,β-unsaturated/α-hetero) is 1. The molecule has 2 atom stereocenters. The molecule has 0 aromatic heterocycles. The summed E-state index contributed by atoms with van der Waals surface area (Å²) in [6, 6.07) is 7.41. The molecule has 2 aliphatic carbocycles. The zero-order valence-corrected chi connectivity index (χ0v) is 22.4.